The molecule has 9 heterocycles. The van der Waals surface area contributed by atoms with E-state index in [4.69, 9.17) is 16.6 Å². The molecule has 17 N–H and O–H groups in total. The molecule has 0 unspecified atom stereocenters. The number of carboxylic acids is 1. The first kappa shape index (κ1) is 95.4. The number of anilines is 9. The molecule has 1 aliphatic carbocycles. The first-order valence-electron chi connectivity index (χ1n) is 41.5. The molecule has 12 rings (SSSR count). The summed E-state index contributed by atoms with van der Waals surface area (Å²) in [6.07, 6.45) is 12.7. The highest BCUT2D eigenvalue weighted by Gasteiger charge is 2.28. The van der Waals surface area contributed by atoms with Crippen LogP contribution in [-0.4, -0.2) is 209 Å². The molecule has 0 spiro atoms. The molecule has 45 heteroatoms. The zero-order chi connectivity index (χ0) is 95.8. The number of thiocarbonyl (C=S) groups is 1. The molecule has 133 heavy (non-hydrogen) atoms. The molecular formula is C88H98N26O18S. The van der Waals surface area contributed by atoms with E-state index < -0.39 is 76.9 Å². The third-order valence-electron chi connectivity index (χ3n) is 20.7. The molecule has 2 aliphatic rings. The molecule has 0 bridgehead atoms. The van der Waals surface area contributed by atoms with Gasteiger partial charge in [-0.05, 0) is 124 Å². The Bertz CT molecular complexity index is 6600. The van der Waals surface area contributed by atoms with Gasteiger partial charge in [0.15, 0.2) is 22.2 Å². The Kier molecular flexibility index (Phi) is 30.4. The lowest BCUT2D eigenvalue weighted by molar-refractivity contribution is -0.121. The van der Waals surface area contributed by atoms with Crippen molar-refractivity contribution in [3.8, 4) is 28.2 Å². The molecule has 0 saturated carbocycles. The number of benzene rings is 3. The van der Waals surface area contributed by atoms with Gasteiger partial charge in [0, 0.05) is 212 Å². The number of phenols is 1. The molecular weight excluding hydrogens is 1740 g/mol. The van der Waals surface area contributed by atoms with Gasteiger partial charge in [-0.3, -0.25) is 67.1 Å². The Morgan fingerprint density at radius 1 is 0.368 bits per heavy atom. The number of aromatic hydroxyl groups is 1. The first-order chi connectivity index (χ1) is 63.4. The topological polar surface area (TPSA) is 559 Å². The van der Waals surface area contributed by atoms with Crippen molar-refractivity contribution in [3.05, 3.63) is 202 Å². The fourth-order valence-corrected chi connectivity index (χ4v) is 14.5. The summed E-state index contributed by atoms with van der Waals surface area (Å²) >= 11 is 5.47. The zero-order valence-corrected chi connectivity index (χ0v) is 74.7. The Morgan fingerprint density at radius 3 is 1.23 bits per heavy atom. The normalized spacial score (nSPS) is 11.1. The Morgan fingerprint density at radius 2 is 0.767 bits per heavy atom. The third-order valence-corrected chi connectivity index (χ3v) is 20.9. The van der Waals surface area contributed by atoms with Crippen LogP contribution in [0.3, 0.4) is 0 Å². The van der Waals surface area contributed by atoms with Crippen molar-refractivity contribution in [1.82, 2.24) is 83.3 Å². The minimum atomic E-state index is -1.25. The summed E-state index contributed by atoms with van der Waals surface area (Å²) < 4.78 is 17.7. The molecule has 0 saturated heterocycles. The van der Waals surface area contributed by atoms with E-state index in [9.17, 15) is 82.1 Å². The standard InChI is InChI=1S/C88H98N26O18S/c1-106(2)30-12-25-89-71(117)20-26-91-80(123)62-36-53(44-108(62)4)99-83(126)65-33-50(41-111(65)7)96-74(120)22-28-93-85(128)77-104-70(47-113(77)9)105-86(129)78-103-69(46-114(78)10)102-72(118)13-11-24-90-79(122)61-35-52(43-107(61)3)98-82(125)64-32-49(40-110(64)6)95-73(119)21-27-92-81(124)63-37-54(45-109(63)5)100-84(127)66-34-51(42-112(66)8)97-75(121)23-29-94-88(133)101-48-14-17-57(60(31-48)87(130)131)76-58-18-15-55(115)38-67(58)132-68-39-56(116)16-19-59(68)76/h14-19,31-47,115H,11-13,20-30H2,1-10H3,(H,89,117)(H,90,122)(H,91,123)(H,92,124)(H,93,128)(H,95,119)(H,96,120)(H,97,121)(H,98,125)(H,99,126)(H,100,127)(H,102,118)(H,105,129)(H,130,131)(H2,94,101,133). The summed E-state index contributed by atoms with van der Waals surface area (Å²) in [5.41, 5.74) is 4.27. The second-order valence-corrected chi connectivity index (χ2v) is 31.8. The fourth-order valence-electron chi connectivity index (χ4n) is 14.3. The van der Waals surface area contributed by atoms with E-state index in [0.717, 1.165) is 13.0 Å². The number of aryl methyl sites for hydroxylation is 8. The van der Waals surface area contributed by atoms with Crippen LogP contribution >= 0.6 is 12.2 Å². The van der Waals surface area contributed by atoms with E-state index in [1.807, 2.05) is 19.0 Å². The number of amides is 13. The lowest BCUT2D eigenvalue weighted by Crippen LogP contribution is -2.32. The van der Waals surface area contributed by atoms with Gasteiger partial charge in [0.2, 0.25) is 41.2 Å². The van der Waals surface area contributed by atoms with Crippen LogP contribution in [0.1, 0.15) is 139 Å². The molecule has 10 aromatic rings. The van der Waals surface area contributed by atoms with Gasteiger partial charge in [-0.25, -0.2) is 14.8 Å². The molecule has 44 nitrogen and oxygen atoms in total. The number of aromatic nitrogens is 10. The Labute approximate surface area is 763 Å². The maximum atomic E-state index is 13.6. The largest absolute Gasteiger partial charge is 0.508 e. The van der Waals surface area contributed by atoms with E-state index in [1.54, 1.807) is 72.7 Å². The van der Waals surface area contributed by atoms with Crippen molar-refractivity contribution in [2.75, 3.05) is 108 Å². The van der Waals surface area contributed by atoms with E-state index in [2.05, 4.69) is 89.7 Å². The lowest BCUT2D eigenvalue weighted by Gasteiger charge is -2.18. The molecule has 0 radical (unpaired) electrons. The van der Waals surface area contributed by atoms with E-state index in [-0.39, 0.29) is 185 Å². The molecule has 2 aromatic carbocycles. The van der Waals surface area contributed by atoms with E-state index >= 15 is 0 Å². The monoisotopic (exact) mass is 1840 g/mol. The van der Waals surface area contributed by atoms with Crippen LogP contribution < -0.4 is 85.2 Å². The lowest BCUT2D eigenvalue weighted by atomic mass is 9.90. The maximum Gasteiger partial charge on any atom is 0.336 e. The van der Waals surface area contributed by atoms with E-state index in [1.165, 1.54) is 161 Å². The molecule has 13 amide bonds. The predicted octanol–water partition coefficient (Wildman–Crippen LogP) is 5.64. The van der Waals surface area contributed by atoms with Crippen molar-refractivity contribution in [2.45, 2.75) is 44.9 Å². The van der Waals surface area contributed by atoms with Crippen LogP contribution in [0, 0.1) is 0 Å². The summed E-state index contributed by atoms with van der Waals surface area (Å²) in [6.45, 7) is 1.42. The van der Waals surface area contributed by atoms with Gasteiger partial charge < -0.3 is 136 Å². The van der Waals surface area contributed by atoms with Crippen molar-refractivity contribution in [2.24, 2.45) is 56.4 Å². The van der Waals surface area contributed by atoms with Crippen molar-refractivity contribution < 1.29 is 81.8 Å². The van der Waals surface area contributed by atoms with Crippen LogP contribution in [0.2, 0.25) is 0 Å². The van der Waals surface area contributed by atoms with Gasteiger partial charge in [0.1, 0.15) is 51.3 Å². The molecule has 694 valence electrons. The molecule has 0 fully saturated rings. The van der Waals surface area contributed by atoms with Crippen LogP contribution in [0.25, 0.3) is 33.4 Å². The number of nitrogens with one attached hydrogen (secondary N) is 15. The minimum absolute atomic E-state index is 0.00426. The molecule has 0 atom stereocenters. The fraction of sp³-hybridized carbons (Fsp3) is 0.273. The van der Waals surface area contributed by atoms with Gasteiger partial charge in [0.25, 0.3) is 47.3 Å². The van der Waals surface area contributed by atoms with Gasteiger partial charge >= 0.3 is 5.97 Å². The smallest absolute Gasteiger partial charge is 0.336 e. The summed E-state index contributed by atoms with van der Waals surface area (Å²) in [6, 6.07) is 22.0. The highest BCUT2D eigenvalue weighted by molar-refractivity contribution is 7.80. The molecule has 1 aliphatic heterocycles. The summed E-state index contributed by atoms with van der Waals surface area (Å²) in [4.78, 5) is 207. The van der Waals surface area contributed by atoms with Gasteiger partial charge in [-0.2, -0.15) is 0 Å². The Balaban J connectivity index is 0.510. The second kappa shape index (κ2) is 42.5. The van der Waals surface area contributed by atoms with Crippen molar-refractivity contribution in [1.29, 1.82) is 0 Å². The first-order valence-corrected chi connectivity index (χ1v) is 41.9. The number of carbonyl (C=O) groups excluding carboxylic acids is 13. The number of phenolic OH excluding ortho intramolecular Hbond substituents is 1. The van der Waals surface area contributed by atoms with Gasteiger partial charge in [0.05, 0.1) is 39.7 Å². The number of fused-ring (bicyclic) bond motifs is 2. The number of aromatic carboxylic acids is 1. The number of hydrogen-bond donors (Lipinski definition) is 17. The highest BCUT2D eigenvalue weighted by atomic mass is 32.1. The summed E-state index contributed by atoms with van der Waals surface area (Å²) in [5.74, 6) is -7.85. The highest BCUT2D eigenvalue weighted by Crippen LogP contribution is 2.43. The average Bonchev–Trinajstić information content (AvgIpc) is 1.67. The minimum Gasteiger partial charge on any atom is -0.508 e. The quantitative estimate of drug-likeness (QED) is 0.0126. The number of carboxylic acid groups (broad SMARTS) is 1. The average molecular weight is 1840 g/mol. The number of hydrogen-bond acceptors (Lipinski definition) is 21. The Hall–Kier alpha value is -16.7. The second-order valence-electron chi connectivity index (χ2n) is 31.4. The van der Waals surface area contributed by atoms with Crippen LogP contribution in [0.5, 0.6) is 5.75 Å². The number of carbonyl (C=O) groups is 14. The number of rotatable bonds is 39. The third kappa shape index (κ3) is 24.8. The van der Waals surface area contributed by atoms with Gasteiger partial charge in [-0.1, -0.05) is 6.07 Å². The predicted molar refractivity (Wildman–Crippen MR) is 496 cm³/mol. The number of imidazole rings is 2. The summed E-state index contributed by atoms with van der Waals surface area (Å²) in [5, 5.41) is 62.3. The summed E-state index contributed by atoms with van der Waals surface area (Å²) in [7, 11) is 16.6. The van der Waals surface area contributed by atoms with Crippen LogP contribution in [0.15, 0.2) is 150 Å². The van der Waals surface area contributed by atoms with Gasteiger partial charge in [-0.15, -0.1) is 0 Å². The van der Waals surface area contributed by atoms with Crippen LogP contribution in [-0.2, 0) is 80.4 Å². The van der Waals surface area contributed by atoms with Crippen molar-refractivity contribution in [3.63, 3.8) is 0 Å². The zero-order valence-electron chi connectivity index (χ0n) is 73.9. The SMILES string of the molecule is CN(C)CCCNC(=O)CCNC(=O)c1cc(NC(=O)c2cc(NC(=O)CCNC(=O)c3nc(NC(=O)c4nc(NC(=O)CCCNC(=O)c5cc(NC(=O)c6cc(NC(=O)CCNC(=O)c7cc(NC(=O)c8cc(NC(=O)CCNC(=S)Nc9ccc(-c%10c%11ccc(=O)cc-%11oc%11cc(O)ccc%10%11)c(C(=O)O)c9)cn8C)cn7C)cn6C)cn5C)cn4C)cn3C)cn2C)cn1C. The van der Waals surface area contributed by atoms with Crippen molar-refractivity contribution >= 4 is 163 Å². The maximum absolute atomic E-state index is 13.6. The molecule has 8 aromatic heterocycles. The number of nitrogens with zero attached hydrogens (tertiary/aromatic N) is 11. The van der Waals surface area contributed by atoms with E-state index in [0.29, 0.717) is 51.4 Å². The van der Waals surface area contributed by atoms with Crippen LogP contribution in [0.4, 0.5) is 51.4 Å².